The first-order valence-electron chi connectivity index (χ1n) is 8.44. The summed E-state index contributed by atoms with van der Waals surface area (Å²) < 4.78 is 13.1. The first-order chi connectivity index (χ1) is 13.5. The van der Waals surface area contributed by atoms with E-state index in [0.29, 0.717) is 33.8 Å². The number of rotatable bonds is 7. The summed E-state index contributed by atoms with van der Waals surface area (Å²) in [5.41, 5.74) is 2.82. The van der Waals surface area contributed by atoms with E-state index in [1.807, 2.05) is 42.5 Å². The van der Waals surface area contributed by atoms with Gasteiger partial charge in [-0.05, 0) is 47.9 Å². The van der Waals surface area contributed by atoms with Gasteiger partial charge in [-0.3, -0.25) is 4.79 Å². The number of nitrogens with one attached hydrogen (secondary N) is 1. The van der Waals surface area contributed by atoms with Gasteiger partial charge in [0.1, 0.15) is 10.9 Å². The van der Waals surface area contributed by atoms with E-state index >= 15 is 0 Å². The molecule has 4 nitrogen and oxygen atoms in total. The van der Waals surface area contributed by atoms with Crippen molar-refractivity contribution in [1.82, 2.24) is 5.32 Å². The minimum Gasteiger partial charge on any atom is -0.493 e. The molecule has 1 N–H and O–H groups in total. The van der Waals surface area contributed by atoms with Crippen LogP contribution in [-0.4, -0.2) is 17.3 Å². The second-order valence-electron chi connectivity index (χ2n) is 5.97. The molecule has 1 aliphatic rings. The second kappa shape index (κ2) is 9.41. The van der Waals surface area contributed by atoms with Crippen LogP contribution in [0.5, 0.6) is 11.5 Å². The topological polar surface area (TPSA) is 47.6 Å². The molecule has 7 heteroatoms. The number of methoxy groups -OCH3 is 1. The molecule has 2 aromatic rings. The minimum absolute atomic E-state index is 0.185. The number of allylic oxidation sites excluding steroid dienone is 1. The molecule has 0 aromatic heterocycles. The third kappa shape index (κ3) is 5.04. The maximum Gasteiger partial charge on any atom is 0.263 e. The summed E-state index contributed by atoms with van der Waals surface area (Å²) in [7, 11) is 1.60. The summed E-state index contributed by atoms with van der Waals surface area (Å²) >= 11 is 9.73. The number of benzene rings is 2. The van der Waals surface area contributed by atoms with Crippen LogP contribution >= 0.6 is 39.9 Å². The van der Waals surface area contributed by atoms with E-state index < -0.39 is 0 Å². The Morgan fingerprint density at radius 2 is 2.04 bits per heavy atom. The van der Waals surface area contributed by atoms with Gasteiger partial charge < -0.3 is 14.8 Å². The lowest BCUT2D eigenvalue weighted by atomic mass is 10.0. The van der Waals surface area contributed by atoms with Crippen molar-refractivity contribution in [3.8, 4) is 11.5 Å². The Labute approximate surface area is 182 Å². The molecule has 1 saturated heterocycles. The second-order valence-corrected chi connectivity index (χ2v) is 8.61. The molecule has 0 saturated carbocycles. The molecule has 1 amide bonds. The molecule has 3 rings (SSSR count). The van der Waals surface area contributed by atoms with Crippen LogP contribution in [0.25, 0.3) is 6.08 Å². The Morgan fingerprint density at radius 3 is 2.64 bits per heavy atom. The molecule has 144 valence electrons. The largest absolute Gasteiger partial charge is 0.493 e. The third-order valence-electron chi connectivity index (χ3n) is 3.97. The zero-order valence-corrected chi connectivity index (χ0v) is 18.4. The normalized spacial score (nSPS) is 14.9. The fourth-order valence-electron chi connectivity index (χ4n) is 2.70. The number of ether oxygens (including phenoxy) is 2. The molecule has 0 radical (unpaired) electrons. The molecule has 0 bridgehead atoms. The summed E-state index contributed by atoms with van der Waals surface area (Å²) in [5.74, 6) is 1.09. The van der Waals surface area contributed by atoms with Gasteiger partial charge in [-0.25, -0.2) is 0 Å². The van der Waals surface area contributed by atoms with Gasteiger partial charge >= 0.3 is 0 Å². The van der Waals surface area contributed by atoms with Crippen molar-refractivity contribution < 1.29 is 14.3 Å². The molecular formula is C21H18BrNO3S2. The molecule has 0 unspecified atom stereocenters. The number of hydrogen-bond donors (Lipinski definition) is 1. The maximum absolute atomic E-state index is 11.9. The molecule has 0 atom stereocenters. The zero-order chi connectivity index (χ0) is 20.1. The van der Waals surface area contributed by atoms with Crippen molar-refractivity contribution in [3.05, 3.63) is 75.1 Å². The summed E-state index contributed by atoms with van der Waals surface area (Å²) in [6, 6.07) is 11.8. The maximum atomic E-state index is 11.9. The Kier molecular flexibility index (Phi) is 6.93. The van der Waals surface area contributed by atoms with E-state index in [2.05, 4.69) is 27.8 Å². The van der Waals surface area contributed by atoms with E-state index in [4.69, 9.17) is 21.7 Å². The smallest absolute Gasteiger partial charge is 0.263 e. The van der Waals surface area contributed by atoms with E-state index in [9.17, 15) is 4.79 Å². The van der Waals surface area contributed by atoms with Crippen molar-refractivity contribution >= 4 is 56.2 Å². The van der Waals surface area contributed by atoms with Gasteiger partial charge in [0.25, 0.3) is 5.91 Å². The van der Waals surface area contributed by atoms with Crippen molar-refractivity contribution in [2.45, 2.75) is 13.0 Å². The first kappa shape index (κ1) is 20.6. The van der Waals surface area contributed by atoms with Crippen LogP contribution in [0.1, 0.15) is 16.7 Å². The molecule has 28 heavy (non-hydrogen) atoms. The number of amides is 1. The van der Waals surface area contributed by atoms with Crippen molar-refractivity contribution in [1.29, 1.82) is 0 Å². The summed E-state index contributed by atoms with van der Waals surface area (Å²) in [6.45, 7) is 4.25. The Morgan fingerprint density at radius 1 is 1.29 bits per heavy atom. The SMILES string of the molecule is C=CCc1cc(/C=C2/SC(=S)NC2=O)cc(OC)c1OCc1ccc(Br)cc1. The molecule has 0 spiro atoms. The van der Waals surface area contributed by atoms with Gasteiger partial charge in [-0.15, -0.1) is 6.58 Å². The van der Waals surface area contributed by atoms with Gasteiger partial charge in [-0.2, -0.15) is 0 Å². The Balaban J connectivity index is 1.91. The standard InChI is InChI=1S/C21H18BrNO3S2/c1-3-4-15-9-14(11-18-20(24)23-21(27)28-18)10-17(25-2)19(15)26-12-13-5-7-16(22)8-6-13/h3,5-11H,1,4,12H2,2H3,(H,23,24,27)/b18-11+. The summed E-state index contributed by atoms with van der Waals surface area (Å²) in [4.78, 5) is 12.5. The van der Waals surface area contributed by atoms with Gasteiger partial charge in [0.05, 0.1) is 12.0 Å². The van der Waals surface area contributed by atoms with E-state index in [0.717, 1.165) is 21.2 Å². The fraction of sp³-hybridized carbons (Fsp3) is 0.143. The number of halogens is 1. The predicted octanol–water partition coefficient (Wildman–Crippen LogP) is 5.25. The molecule has 1 aliphatic heterocycles. The highest BCUT2D eigenvalue weighted by atomic mass is 79.9. The van der Waals surface area contributed by atoms with Gasteiger partial charge in [0.15, 0.2) is 11.5 Å². The summed E-state index contributed by atoms with van der Waals surface area (Å²) in [5, 5.41) is 2.62. The third-order valence-corrected chi connectivity index (χ3v) is 5.67. The Hall–Kier alpha value is -2.09. The first-order valence-corrected chi connectivity index (χ1v) is 10.5. The Bertz CT molecular complexity index is 955. The van der Waals surface area contributed by atoms with Crippen LogP contribution in [0.3, 0.4) is 0 Å². The number of carbonyl (C=O) groups excluding carboxylic acids is 1. The van der Waals surface area contributed by atoms with Gasteiger partial charge in [0.2, 0.25) is 0 Å². The summed E-state index contributed by atoms with van der Waals surface area (Å²) in [6.07, 6.45) is 4.22. The zero-order valence-electron chi connectivity index (χ0n) is 15.2. The monoisotopic (exact) mass is 475 g/mol. The van der Waals surface area contributed by atoms with Crippen molar-refractivity contribution in [2.75, 3.05) is 7.11 Å². The molecule has 2 aromatic carbocycles. The van der Waals surface area contributed by atoms with Crippen LogP contribution in [0, 0.1) is 0 Å². The molecule has 1 fully saturated rings. The lowest BCUT2D eigenvalue weighted by Gasteiger charge is -2.16. The average Bonchev–Trinajstić information content (AvgIpc) is 2.99. The van der Waals surface area contributed by atoms with Gasteiger partial charge in [0, 0.05) is 10.0 Å². The number of thioether (sulfide) groups is 1. The van der Waals surface area contributed by atoms with Crippen LogP contribution in [-0.2, 0) is 17.8 Å². The molecule has 0 aliphatic carbocycles. The quantitative estimate of drug-likeness (QED) is 0.336. The minimum atomic E-state index is -0.185. The lowest BCUT2D eigenvalue weighted by molar-refractivity contribution is -0.115. The van der Waals surface area contributed by atoms with Crippen LogP contribution < -0.4 is 14.8 Å². The lowest BCUT2D eigenvalue weighted by Crippen LogP contribution is -2.17. The van der Waals surface area contributed by atoms with Crippen molar-refractivity contribution in [3.63, 3.8) is 0 Å². The van der Waals surface area contributed by atoms with Crippen LogP contribution in [0.4, 0.5) is 0 Å². The number of hydrogen-bond acceptors (Lipinski definition) is 5. The van der Waals surface area contributed by atoms with Crippen molar-refractivity contribution in [2.24, 2.45) is 0 Å². The highest BCUT2D eigenvalue weighted by Crippen LogP contribution is 2.36. The van der Waals surface area contributed by atoms with E-state index in [1.165, 1.54) is 11.8 Å². The van der Waals surface area contributed by atoms with Crippen LogP contribution in [0.2, 0.25) is 0 Å². The van der Waals surface area contributed by atoms with E-state index in [1.54, 1.807) is 13.2 Å². The molecule has 1 heterocycles. The predicted molar refractivity (Wildman–Crippen MR) is 122 cm³/mol. The number of carbonyl (C=O) groups is 1. The van der Waals surface area contributed by atoms with Gasteiger partial charge in [-0.1, -0.05) is 58.1 Å². The number of thiocarbonyl (C=S) groups is 1. The molecular weight excluding hydrogens is 458 g/mol. The van der Waals surface area contributed by atoms with E-state index in [-0.39, 0.29) is 5.91 Å². The highest BCUT2D eigenvalue weighted by Gasteiger charge is 2.22. The average molecular weight is 476 g/mol. The fourth-order valence-corrected chi connectivity index (χ4v) is 4.01. The van der Waals surface area contributed by atoms with Crippen LogP contribution in [0.15, 0.2) is 58.4 Å². The highest BCUT2D eigenvalue weighted by molar-refractivity contribution is 9.10.